The van der Waals surface area contributed by atoms with Gasteiger partial charge in [-0.15, -0.1) is 12.4 Å². The second kappa shape index (κ2) is 8.82. The molecule has 144 valence electrons. The number of fused-ring (bicyclic) bond motifs is 2. The van der Waals surface area contributed by atoms with Crippen molar-refractivity contribution < 1.29 is 14.0 Å². The number of halogens is 2. The van der Waals surface area contributed by atoms with Crippen molar-refractivity contribution in [1.29, 1.82) is 0 Å². The summed E-state index contributed by atoms with van der Waals surface area (Å²) >= 11 is 0. The van der Waals surface area contributed by atoms with Crippen molar-refractivity contribution in [2.45, 2.75) is 51.6 Å². The lowest BCUT2D eigenvalue weighted by Gasteiger charge is -2.28. The van der Waals surface area contributed by atoms with Crippen LogP contribution in [-0.2, 0) is 4.79 Å². The molecule has 2 aliphatic heterocycles. The van der Waals surface area contributed by atoms with E-state index < -0.39 is 5.82 Å². The standard InChI is InChI=1S/C19H26FN3O2.ClH/c1-12(2)9-18(24)22-17-6-3-13(10-16(17)20)19(25)23-14-4-5-15(23)11-21-8-7-14;/h3,6,10,12,14-15,21H,4-5,7-9,11H2,1-2H3,(H,22,24);1H. The van der Waals surface area contributed by atoms with E-state index in [4.69, 9.17) is 0 Å². The first-order valence-electron chi connectivity index (χ1n) is 9.08. The molecule has 0 aromatic heterocycles. The van der Waals surface area contributed by atoms with Gasteiger partial charge in [0.2, 0.25) is 5.91 Å². The Hall–Kier alpha value is -1.66. The fourth-order valence-corrected chi connectivity index (χ4v) is 3.78. The molecule has 3 rings (SSSR count). The number of hydrogen-bond acceptors (Lipinski definition) is 3. The van der Waals surface area contributed by atoms with Crippen molar-refractivity contribution in [3.05, 3.63) is 29.6 Å². The van der Waals surface area contributed by atoms with Crippen LogP contribution in [-0.4, -0.2) is 41.9 Å². The normalized spacial score (nSPS) is 21.9. The average Bonchev–Trinajstić information content (AvgIpc) is 2.80. The molecule has 2 heterocycles. The number of amides is 2. The molecule has 2 saturated heterocycles. The van der Waals surface area contributed by atoms with E-state index in [0.717, 1.165) is 32.4 Å². The second-order valence-corrected chi connectivity index (χ2v) is 7.43. The third-order valence-corrected chi connectivity index (χ3v) is 4.97. The Bertz CT molecular complexity index is 654. The summed E-state index contributed by atoms with van der Waals surface area (Å²) in [5.74, 6) is -0.695. The molecule has 0 saturated carbocycles. The van der Waals surface area contributed by atoms with Crippen LogP contribution in [0, 0.1) is 11.7 Å². The number of nitrogens with one attached hydrogen (secondary N) is 2. The van der Waals surface area contributed by atoms with Gasteiger partial charge in [0, 0.05) is 30.6 Å². The van der Waals surface area contributed by atoms with Crippen LogP contribution in [0.25, 0.3) is 0 Å². The van der Waals surface area contributed by atoms with Crippen molar-refractivity contribution >= 4 is 29.9 Å². The summed E-state index contributed by atoms with van der Waals surface area (Å²) in [6.07, 6.45) is 3.29. The number of carbonyl (C=O) groups excluding carboxylic acids is 2. The number of hydrogen-bond donors (Lipinski definition) is 2. The van der Waals surface area contributed by atoms with Gasteiger partial charge in [-0.1, -0.05) is 13.8 Å². The number of nitrogens with zero attached hydrogens (tertiary/aromatic N) is 1. The van der Waals surface area contributed by atoms with Crippen molar-refractivity contribution in [2.75, 3.05) is 18.4 Å². The molecule has 26 heavy (non-hydrogen) atoms. The van der Waals surface area contributed by atoms with Gasteiger partial charge in [0.25, 0.3) is 5.91 Å². The van der Waals surface area contributed by atoms with Crippen LogP contribution in [0.2, 0.25) is 0 Å². The van der Waals surface area contributed by atoms with Gasteiger partial charge in [-0.25, -0.2) is 4.39 Å². The predicted molar refractivity (Wildman–Crippen MR) is 102 cm³/mol. The first-order valence-corrected chi connectivity index (χ1v) is 9.08. The molecule has 0 radical (unpaired) electrons. The summed E-state index contributed by atoms with van der Waals surface area (Å²) in [4.78, 5) is 26.6. The van der Waals surface area contributed by atoms with E-state index in [9.17, 15) is 14.0 Å². The van der Waals surface area contributed by atoms with E-state index in [1.807, 2.05) is 18.7 Å². The monoisotopic (exact) mass is 383 g/mol. The summed E-state index contributed by atoms with van der Waals surface area (Å²) in [5, 5.41) is 5.94. The van der Waals surface area contributed by atoms with Crippen molar-refractivity contribution in [2.24, 2.45) is 5.92 Å². The zero-order chi connectivity index (χ0) is 18.0. The van der Waals surface area contributed by atoms with E-state index >= 15 is 0 Å². The van der Waals surface area contributed by atoms with E-state index in [1.54, 1.807) is 6.07 Å². The molecule has 2 aliphatic rings. The summed E-state index contributed by atoms with van der Waals surface area (Å²) in [5.41, 5.74) is 0.473. The van der Waals surface area contributed by atoms with Gasteiger partial charge in [0.15, 0.2) is 0 Å². The summed E-state index contributed by atoms with van der Waals surface area (Å²) in [6, 6.07) is 4.76. The van der Waals surface area contributed by atoms with Gasteiger partial charge in [-0.3, -0.25) is 9.59 Å². The minimum atomic E-state index is -0.566. The highest BCUT2D eigenvalue weighted by atomic mass is 35.5. The maximum absolute atomic E-state index is 14.4. The minimum Gasteiger partial charge on any atom is -0.331 e. The fourth-order valence-electron chi connectivity index (χ4n) is 3.78. The third-order valence-electron chi connectivity index (χ3n) is 4.97. The van der Waals surface area contributed by atoms with Gasteiger partial charge in [0.05, 0.1) is 5.69 Å². The lowest BCUT2D eigenvalue weighted by atomic mass is 10.1. The van der Waals surface area contributed by atoms with Crippen LogP contribution in [0.15, 0.2) is 18.2 Å². The Morgan fingerprint density at radius 1 is 1.27 bits per heavy atom. The smallest absolute Gasteiger partial charge is 0.254 e. The lowest BCUT2D eigenvalue weighted by molar-refractivity contribution is -0.116. The molecule has 5 nitrogen and oxygen atoms in total. The third kappa shape index (κ3) is 4.54. The molecular weight excluding hydrogens is 357 g/mol. The molecule has 2 N–H and O–H groups in total. The second-order valence-electron chi connectivity index (χ2n) is 7.43. The van der Waals surface area contributed by atoms with E-state index in [0.29, 0.717) is 12.0 Å². The predicted octanol–water partition coefficient (Wildman–Crippen LogP) is 3.20. The van der Waals surface area contributed by atoms with Crippen LogP contribution in [0.3, 0.4) is 0 Å². The fraction of sp³-hybridized carbons (Fsp3) is 0.579. The molecule has 7 heteroatoms. The average molecular weight is 384 g/mol. The van der Waals surface area contributed by atoms with Gasteiger partial charge in [-0.05, 0) is 49.9 Å². The topological polar surface area (TPSA) is 61.4 Å². The molecule has 1 aromatic rings. The molecule has 0 spiro atoms. The van der Waals surface area contributed by atoms with Crippen LogP contribution in [0.5, 0.6) is 0 Å². The Kier molecular flexibility index (Phi) is 7.01. The maximum atomic E-state index is 14.4. The van der Waals surface area contributed by atoms with Crippen molar-refractivity contribution in [1.82, 2.24) is 10.2 Å². The molecule has 2 fully saturated rings. The van der Waals surface area contributed by atoms with Crippen molar-refractivity contribution in [3.8, 4) is 0 Å². The lowest BCUT2D eigenvalue weighted by Crippen LogP contribution is -2.42. The SMILES string of the molecule is CC(C)CC(=O)Nc1ccc(C(=O)N2C3CCNCC2CC3)cc1F.Cl. The Morgan fingerprint density at radius 2 is 2.00 bits per heavy atom. The van der Waals surface area contributed by atoms with Crippen molar-refractivity contribution in [3.63, 3.8) is 0 Å². The van der Waals surface area contributed by atoms with Gasteiger partial charge in [-0.2, -0.15) is 0 Å². The van der Waals surface area contributed by atoms with E-state index in [2.05, 4.69) is 10.6 Å². The van der Waals surface area contributed by atoms with E-state index in [1.165, 1.54) is 12.1 Å². The van der Waals surface area contributed by atoms with Crippen LogP contribution in [0.1, 0.15) is 49.9 Å². The Morgan fingerprint density at radius 3 is 2.69 bits per heavy atom. The highest BCUT2D eigenvalue weighted by Crippen LogP contribution is 2.30. The molecule has 1 aromatic carbocycles. The number of rotatable bonds is 4. The molecule has 0 aliphatic carbocycles. The quantitative estimate of drug-likeness (QED) is 0.839. The highest BCUT2D eigenvalue weighted by Gasteiger charge is 2.38. The van der Waals surface area contributed by atoms with Crippen LogP contribution >= 0.6 is 12.4 Å². The Balaban J connectivity index is 0.00000243. The molecule has 2 bridgehead atoms. The Labute approximate surface area is 160 Å². The largest absolute Gasteiger partial charge is 0.331 e. The summed E-state index contributed by atoms with van der Waals surface area (Å²) in [7, 11) is 0. The van der Waals surface area contributed by atoms with Gasteiger partial charge < -0.3 is 15.5 Å². The van der Waals surface area contributed by atoms with E-state index in [-0.39, 0.29) is 47.9 Å². The molecule has 2 amide bonds. The zero-order valence-electron chi connectivity index (χ0n) is 15.3. The van der Waals surface area contributed by atoms with Crippen LogP contribution < -0.4 is 10.6 Å². The number of benzene rings is 1. The van der Waals surface area contributed by atoms with Gasteiger partial charge in [0.1, 0.15) is 5.82 Å². The molecule has 2 atom stereocenters. The highest BCUT2D eigenvalue weighted by molar-refractivity contribution is 5.96. The summed E-state index contributed by atoms with van der Waals surface area (Å²) < 4.78 is 14.4. The zero-order valence-corrected chi connectivity index (χ0v) is 16.1. The maximum Gasteiger partial charge on any atom is 0.254 e. The summed E-state index contributed by atoms with van der Waals surface area (Å²) in [6.45, 7) is 5.58. The van der Waals surface area contributed by atoms with Gasteiger partial charge >= 0.3 is 0 Å². The van der Waals surface area contributed by atoms with Crippen LogP contribution in [0.4, 0.5) is 10.1 Å². The molecular formula is C19H27ClFN3O2. The first-order chi connectivity index (χ1) is 12.0. The number of anilines is 1. The number of carbonyl (C=O) groups is 2. The molecule has 2 unspecified atom stereocenters. The minimum absolute atomic E-state index is 0. The first kappa shape index (κ1) is 20.6.